The minimum Gasteiger partial charge on any atom is -0.496 e. The molecule has 2 aromatic carbocycles. The van der Waals surface area contributed by atoms with Crippen LogP contribution in [0.25, 0.3) is 0 Å². The molecule has 0 bridgehead atoms. The Hall–Kier alpha value is -2.51. The number of halogens is 2. The second-order valence-corrected chi connectivity index (χ2v) is 11.9. The molecule has 1 saturated carbocycles. The monoisotopic (exact) mass is 523 g/mol. The minimum absolute atomic E-state index is 0.00321. The molecule has 0 radical (unpaired) electrons. The predicted molar refractivity (Wildman–Crippen MR) is 144 cm³/mol. The number of benzene rings is 2. The van der Waals surface area contributed by atoms with E-state index >= 15 is 0 Å². The first-order valence-corrected chi connectivity index (χ1v) is 14.2. The molecule has 5 nitrogen and oxygen atoms in total. The molecule has 1 aliphatic carbocycles. The van der Waals surface area contributed by atoms with Crippen LogP contribution in [-0.2, 0) is 16.8 Å². The molecule has 1 spiro atoms. The van der Waals surface area contributed by atoms with Crippen LogP contribution in [0.5, 0.6) is 5.75 Å². The molecule has 204 valence electrons. The first-order chi connectivity index (χ1) is 18.4. The number of nitrogens with zero attached hydrogens (tertiary/aromatic N) is 1. The molecule has 4 atom stereocenters. The predicted octanol–water partition coefficient (Wildman–Crippen LogP) is 4.86. The zero-order chi connectivity index (χ0) is 26.3. The molecule has 4 unspecified atom stereocenters. The van der Waals surface area contributed by atoms with E-state index in [0.29, 0.717) is 31.8 Å². The van der Waals surface area contributed by atoms with E-state index in [1.54, 1.807) is 7.11 Å². The Kier molecular flexibility index (Phi) is 6.93. The first-order valence-electron chi connectivity index (χ1n) is 14.2. The number of nitrogens with one attached hydrogen (secondary N) is 2. The van der Waals surface area contributed by atoms with Crippen LogP contribution in [0.15, 0.2) is 48.5 Å². The molecule has 7 heteroatoms. The van der Waals surface area contributed by atoms with Gasteiger partial charge in [-0.2, -0.15) is 0 Å². The van der Waals surface area contributed by atoms with Gasteiger partial charge in [-0.1, -0.05) is 42.5 Å². The summed E-state index contributed by atoms with van der Waals surface area (Å²) in [4.78, 5) is 16.7. The van der Waals surface area contributed by atoms with Gasteiger partial charge in [0.15, 0.2) is 0 Å². The average Bonchev–Trinajstić information content (AvgIpc) is 3.36. The molecule has 2 saturated heterocycles. The van der Waals surface area contributed by atoms with Crippen molar-refractivity contribution in [3.05, 3.63) is 65.2 Å². The molecule has 3 heterocycles. The van der Waals surface area contributed by atoms with Crippen LogP contribution in [-0.4, -0.2) is 56.1 Å². The number of carbonyl (C=O) groups is 1. The van der Waals surface area contributed by atoms with Crippen LogP contribution in [0.1, 0.15) is 61.1 Å². The molecular weight excluding hydrogens is 484 g/mol. The number of piperidine rings is 1. The van der Waals surface area contributed by atoms with Crippen LogP contribution in [0.4, 0.5) is 8.78 Å². The van der Waals surface area contributed by atoms with E-state index < -0.39 is 5.92 Å². The Morgan fingerprint density at radius 3 is 2.53 bits per heavy atom. The molecule has 1 amide bonds. The van der Waals surface area contributed by atoms with Gasteiger partial charge in [-0.15, -0.1) is 0 Å². The van der Waals surface area contributed by atoms with Crippen molar-refractivity contribution < 1.29 is 18.3 Å². The molecule has 2 aromatic rings. The van der Waals surface area contributed by atoms with Crippen molar-refractivity contribution in [1.82, 2.24) is 15.5 Å². The van der Waals surface area contributed by atoms with E-state index in [-0.39, 0.29) is 42.0 Å². The third kappa shape index (κ3) is 4.51. The van der Waals surface area contributed by atoms with Crippen molar-refractivity contribution >= 4 is 5.91 Å². The number of carbonyl (C=O) groups excluding carboxylic acids is 1. The largest absolute Gasteiger partial charge is 0.496 e. The Balaban J connectivity index is 1.31. The fraction of sp³-hybridized carbons (Fsp3) is 0.581. The van der Waals surface area contributed by atoms with Crippen LogP contribution in [0.3, 0.4) is 0 Å². The van der Waals surface area contributed by atoms with Crippen molar-refractivity contribution in [2.75, 3.05) is 33.3 Å². The molecule has 2 N–H and O–H groups in total. The lowest BCUT2D eigenvalue weighted by Crippen LogP contribution is -2.57. The first kappa shape index (κ1) is 25.8. The number of ether oxygens (including phenoxy) is 1. The number of methoxy groups -OCH3 is 1. The second-order valence-electron chi connectivity index (χ2n) is 11.9. The molecule has 38 heavy (non-hydrogen) atoms. The normalized spacial score (nSPS) is 31.2. The number of fused-ring (bicyclic) bond motifs is 2. The molecule has 6 rings (SSSR count). The fourth-order valence-corrected chi connectivity index (χ4v) is 7.86. The van der Waals surface area contributed by atoms with Gasteiger partial charge in [-0.05, 0) is 54.7 Å². The fourth-order valence-electron chi connectivity index (χ4n) is 7.86. The smallest absolute Gasteiger partial charge is 0.248 e. The van der Waals surface area contributed by atoms with Gasteiger partial charge in [-0.25, -0.2) is 8.78 Å². The summed E-state index contributed by atoms with van der Waals surface area (Å²) in [6.07, 6.45) is 2.58. The minimum atomic E-state index is -2.57. The molecule has 3 aliphatic heterocycles. The summed E-state index contributed by atoms with van der Waals surface area (Å²) in [5, 5.41) is 7.12. The van der Waals surface area contributed by atoms with E-state index in [1.807, 2.05) is 18.2 Å². The van der Waals surface area contributed by atoms with Crippen LogP contribution >= 0.6 is 0 Å². The van der Waals surface area contributed by atoms with Crippen molar-refractivity contribution in [3.8, 4) is 5.75 Å². The van der Waals surface area contributed by atoms with Gasteiger partial charge in [0.25, 0.3) is 0 Å². The van der Waals surface area contributed by atoms with Crippen LogP contribution in [0, 0.1) is 11.8 Å². The number of amides is 1. The number of rotatable bonds is 4. The summed E-state index contributed by atoms with van der Waals surface area (Å²) < 4.78 is 33.9. The van der Waals surface area contributed by atoms with E-state index in [9.17, 15) is 13.6 Å². The van der Waals surface area contributed by atoms with E-state index in [2.05, 4.69) is 45.9 Å². The van der Waals surface area contributed by atoms with Gasteiger partial charge in [0.2, 0.25) is 11.8 Å². The highest BCUT2D eigenvalue weighted by molar-refractivity contribution is 5.82. The molecule has 0 aromatic heterocycles. The highest BCUT2D eigenvalue weighted by Crippen LogP contribution is 2.46. The Bertz CT molecular complexity index is 1150. The third-order valence-corrected chi connectivity index (χ3v) is 9.89. The van der Waals surface area contributed by atoms with E-state index in [1.165, 1.54) is 11.1 Å². The van der Waals surface area contributed by atoms with Gasteiger partial charge in [0.05, 0.1) is 13.0 Å². The highest BCUT2D eigenvalue weighted by Gasteiger charge is 2.53. The highest BCUT2D eigenvalue weighted by atomic mass is 19.3. The number of likely N-dealkylation sites (tertiary alicyclic amines) is 1. The second kappa shape index (κ2) is 10.2. The van der Waals surface area contributed by atoms with Crippen molar-refractivity contribution in [3.63, 3.8) is 0 Å². The number of hydrogen-bond donors (Lipinski definition) is 2. The van der Waals surface area contributed by atoms with Crippen molar-refractivity contribution in [1.29, 1.82) is 0 Å². The quantitative estimate of drug-likeness (QED) is 0.601. The Labute approximate surface area is 224 Å². The van der Waals surface area contributed by atoms with E-state index in [4.69, 9.17) is 4.74 Å². The van der Waals surface area contributed by atoms with Gasteiger partial charge in [0, 0.05) is 62.6 Å². The average molecular weight is 524 g/mol. The van der Waals surface area contributed by atoms with Gasteiger partial charge >= 0.3 is 0 Å². The maximum absolute atomic E-state index is 14.5. The van der Waals surface area contributed by atoms with Crippen LogP contribution in [0.2, 0.25) is 0 Å². The van der Waals surface area contributed by atoms with Crippen molar-refractivity contribution in [2.24, 2.45) is 11.8 Å². The summed E-state index contributed by atoms with van der Waals surface area (Å²) >= 11 is 0. The third-order valence-electron chi connectivity index (χ3n) is 9.89. The van der Waals surface area contributed by atoms with E-state index in [0.717, 1.165) is 43.8 Å². The Morgan fingerprint density at radius 2 is 1.76 bits per heavy atom. The van der Waals surface area contributed by atoms with Crippen LogP contribution < -0.4 is 15.4 Å². The van der Waals surface area contributed by atoms with Gasteiger partial charge in [0.1, 0.15) is 5.75 Å². The lowest BCUT2D eigenvalue weighted by molar-refractivity contribution is -0.144. The summed E-state index contributed by atoms with van der Waals surface area (Å²) in [6, 6.07) is 16.7. The summed E-state index contributed by atoms with van der Waals surface area (Å²) in [7, 11) is 1.70. The maximum atomic E-state index is 14.5. The zero-order valence-corrected chi connectivity index (χ0v) is 22.2. The Morgan fingerprint density at radius 1 is 1.00 bits per heavy atom. The molecule has 3 fully saturated rings. The van der Waals surface area contributed by atoms with Gasteiger partial charge < -0.3 is 20.3 Å². The zero-order valence-electron chi connectivity index (χ0n) is 22.2. The van der Waals surface area contributed by atoms with Gasteiger partial charge in [-0.3, -0.25) is 4.79 Å². The number of hydrogen-bond acceptors (Lipinski definition) is 4. The summed E-state index contributed by atoms with van der Waals surface area (Å²) in [5.74, 6) is -1.27. The lowest BCUT2D eigenvalue weighted by Gasteiger charge is -2.48. The lowest BCUT2D eigenvalue weighted by atomic mass is 9.67. The SMILES string of the molecule is COc1cccc2c1CNCC21CNCC1C(=O)N1CCC(c2ccccc2)CC1C1CCC(F)(F)CC1. The molecule has 4 aliphatic rings. The summed E-state index contributed by atoms with van der Waals surface area (Å²) in [5.41, 5.74) is 3.28. The topological polar surface area (TPSA) is 53.6 Å². The standard InChI is InChI=1S/C31H39F2N3O2/c1-38-28-9-5-8-25-24(28)17-34-19-30(25)20-35-18-26(30)29(37)36-15-12-23(21-6-3-2-4-7-21)16-27(36)22-10-13-31(32,33)14-11-22/h2-9,22-23,26-27,34-35H,10-20H2,1H3. The maximum Gasteiger partial charge on any atom is 0.248 e. The summed E-state index contributed by atoms with van der Waals surface area (Å²) in [6.45, 7) is 3.50. The number of alkyl halides is 2. The van der Waals surface area contributed by atoms with Crippen molar-refractivity contribution in [2.45, 2.75) is 68.4 Å². The molecular formula is C31H39F2N3O2.